The number of halogens is 3. The lowest BCUT2D eigenvalue weighted by molar-refractivity contribution is -0.223. The van der Waals surface area contributed by atoms with Gasteiger partial charge in [0.2, 0.25) is 11.8 Å². The lowest BCUT2D eigenvalue weighted by Crippen LogP contribution is -2.48. The quantitative estimate of drug-likeness (QED) is 0.773. The Hall–Kier alpha value is -1.57. The monoisotopic (exact) mass is 322 g/mol. The standard InChI is InChI=1S/C14H21F3N2O3/c1-3-11(20)18(4-2)9-12(21)19-7-5-10(6-8-19)13(22)14(15,16)17/h3,10,13,22H,1,4-9H2,2H3. The summed E-state index contributed by atoms with van der Waals surface area (Å²) in [4.78, 5) is 26.3. The average molecular weight is 322 g/mol. The average Bonchev–Trinajstić information content (AvgIpc) is 2.50. The maximum absolute atomic E-state index is 12.5. The maximum Gasteiger partial charge on any atom is 0.414 e. The summed E-state index contributed by atoms with van der Waals surface area (Å²) in [5.74, 6) is -1.56. The zero-order valence-corrected chi connectivity index (χ0v) is 12.5. The van der Waals surface area contributed by atoms with Gasteiger partial charge in [-0.15, -0.1) is 0 Å². The lowest BCUT2D eigenvalue weighted by atomic mass is 9.91. The van der Waals surface area contributed by atoms with Crippen molar-refractivity contribution in [2.45, 2.75) is 32.0 Å². The van der Waals surface area contributed by atoms with Crippen molar-refractivity contribution in [3.63, 3.8) is 0 Å². The molecule has 1 aliphatic rings. The van der Waals surface area contributed by atoms with Gasteiger partial charge in [-0.25, -0.2) is 0 Å². The zero-order chi connectivity index (χ0) is 16.9. The highest BCUT2D eigenvalue weighted by Crippen LogP contribution is 2.31. The molecule has 1 N–H and O–H groups in total. The smallest absolute Gasteiger partial charge is 0.383 e. The van der Waals surface area contributed by atoms with E-state index in [-0.39, 0.29) is 44.3 Å². The molecule has 0 bridgehead atoms. The number of aliphatic hydroxyl groups is 1. The van der Waals surface area contributed by atoms with E-state index in [9.17, 15) is 27.9 Å². The third-order valence-electron chi connectivity index (χ3n) is 3.87. The molecule has 0 aromatic rings. The Bertz CT molecular complexity index is 418. The maximum atomic E-state index is 12.5. The number of amides is 2. The molecule has 0 radical (unpaired) electrons. The first-order valence-corrected chi connectivity index (χ1v) is 7.14. The number of carbonyl (C=O) groups excluding carboxylic acids is 2. The Kier molecular flexibility index (Phi) is 6.40. The minimum absolute atomic E-state index is 0.0912. The van der Waals surface area contributed by atoms with E-state index >= 15 is 0 Å². The number of likely N-dealkylation sites (N-methyl/N-ethyl adjacent to an activating group) is 1. The van der Waals surface area contributed by atoms with Crippen LogP contribution in [0.1, 0.15) is 19.8 Å². The van der Waals surface area contributed by atoms with E-state index in [1.54, 1.807) is 6.92 Å². The predicted octanol–water partition coefficient (Wildman–Crippen LogP) is 1.18. The first kappa shape index (κ1) is 18.5. The van der Waals surface area contributed by atoms with E-state index < -0.39 is 18.2 Å². The van der Waals surface area contributed by atoms with Crippen LogP contribution >= 0.6 is 0 Å². The molecule has 0 saturated carbocycles. The van der Waals surface area contributed by atoms with Gasteiger partial charge in [0.15, 0.2) is 6.10 Å². The van der Waals surface area contributed by atoms with Crippen molar-refractivity contribution in [2.75, 3.05) is 26.2 Å². The van der Waals surface area contributed by atoms with Crippen molar-refractivity contribution in [2.24, 2.45) is 5.92 Å². The molecule has 126 valence electrons. The van der Waals surface area contributed by atoms with Gasteiger partial charge in [-0.3, -0.25) is 9.59 Å². The minimum atomic E-state index is -4.63. The molecular weight excluding hydrogens is 301 g/mol. The Balaban J connectivity index is 2.52. The number of likely N-dealkylation sites (tertiary alicyclic amines) is 1. The van der Waals surface area contributed by atoms with E-state index in [1.165, 1.54) is 9.80 Å². The highest BCUT2D eigenvalue weighted by atomic mass is 19.4. The van der Waals surface area contributed by atoms with Crippen LogP contribution in [-0.4, -0.2) is 65.2 Å². The first-order valence-electron chi connectivity index (χ1n) is 7.14. The summed E-state index contributed by atoms with van der Waals surface area (Å²) >= 11 is 0. The van der Waals surface area contributed by atoms with E-state index in [0.717, 1.165) is 6.08 Å². The van der Waals surface area contributed by atoms with Crippen LogP contribution in [0, 0.1) is 5.92 Å². The fraction of sp³-hybridized carbons (Fsp3) is 0.714. The van der Waals surface area contributed by atoms with Gasteiger partial charge < -0.3 is 14.9 Å². The highest BCUT2D eigenvalue weighted by molar-refractivity contribution is 5.90. The fourth-order valence-electron chi connectivity index (χ4n) is 2.47. The molecule has 0 spiro atoms. The second-order valence-corrected chi connectivity index (χ2v) is 5.26. The summed E-state index contributed by atoms with van der Waals surface area (Å²) < 4.78 is 37.4. The van der Waals surface area contributed by atoms with Gasteiger partial charge in [0.05, 0.1) is 6.54 Å². The van der Waals surface area contributed by atoms with Crippen molar-refractivity contribution in [3.8, 4) is 0 Å². The van der Waals surface area contributed by atoms with Crippen LogP contribution in [-0.2, 0) is 9.59 Å². The fourth-order valence-corrected chi connectivity index (χ4v) is 2.47. The van der Waals surface area contributed by atoms with Crippen molar-refractivity contribution in [3.05, 3.63) is 12.7 Å². The number of aliphatic hydroxyl groups excluding tert-OH is 1. The van der Waals surface area contributed by atoms with Crippen LogP contribution in [0.3, 0.4) is 0 Å². The van der Waals surface area contributed by atoms with Crippen LogP contribution in [0.2, 0.25) is 0 Å². The topological polar surface area (TPSA) is 60.9 Å². The molecule has 1 heterocycles. The Labute approximate surface area is 127 Å². The summed E-state index contributed by atoms with van der Waals surface area (Å²) in [7, 11) is 0. The second-order valence-electron chi connectivity index (χ2n) is 5.26. The van der Waals surface area contributed by atoms with Crippen molar-refractivity contribution >= 4 is 11.8 Å². The van der Waals surface area contributed by atoms with Gasteiger partial charge in [0.25, 0.3) is 0 Å². The van der Waals surface area contributed by atoms with Gasteiger partial charge in [0.1, 0.15) is 0 Å². The van der Waals surface area contributed by atoms with E-state index in [2.05, 4.69) is 6.58 Å². The van der Waals surface area contributed by atoms with Gasteiger partial charge >= 0.3 is 6.18 Å². The largest absolute Gasteiger partial charge is 0.414 e. The molecule has 1 unspecified atom stereocenters. The van der Waals surface area contributed by atoms with Crippen LogP contribution in [0.25, 0.3) is 0 Å². The van der Waals surface area contributed by atoms with Crippen LogP contribution in [0.4, 0.5) is 13.2 Å². The molecule has 5 nitrogen and oxygen atoms in total. The third kappa shape index (κ3) is 4.72. The molecule has 1 saturated heterocycles. The number of piperidine rings is 1. The Morgan fingerprint density at radius 2 is 1.95 bits per heavy atom. The first-order chi connectivity index (χ1) is 10.2. The number of nitrogens with zero attached hydrogens (tertiary/aromatic N) is 2. The van der Waals surface area contributed by atoms with Crippen LogP contribution in [0.15, 0.2) is 12.7 Å². The zero-order valence-electron chi connectivity index (χ0n) is 12.5. The predicted molar refractivity (Wildman–Crippen MR) is 73.8 cm³/mol. The van der Waals surface area contributed by atoms with Gasteiger partial charge in [-0.1, -0.05) is 6.58 Å². The minimum Gasteiger partial charge on any atom is -0.383 e. The summed E-state index contributed by atoms with van der Waals surface area (Å²) in [5.41, 5.74) is 0. The van der Waals surface area contributed by atoms with E-state index in [4.69, 9.17) is 0 Å². The molecular formula is C14H21F3N2O3. The molecule has 1 fully saturated rings. The van der Waals surface area contributed by atoms with Gasteiger partial charge in [-0.05, 0) is 31.8 Å². The van der Waals surface area contributed by atoms with E-state index in [0.29, 0.717) is 6.54 Å². The molecule has 1 aliphatic heterocycles. The number of hydrogen-bond donors (Lipinski definition) is 1. The summed E-state index contributed by atoms with van der Waals surface area (Å²) in [6, 6.07) is 0. The molecule has 22 heavy (non-hydrogen) atoms. The summed E-state index contributed by atoms with van der Waals surface area (Å²) in [6.07, 6.45) is -5.68. The summed E-state index contributed by atoms with van der Waals surface area (Å²) in [6.45, 7) is 5.60. The molecule has 2 amide bonds. The molecule has 8 heteroatoms. The number of rotatable bonds is 5. The molecule has 1 atom stereocenters. The van der Waals surface area contributed by atoms with Crippen molar-refractivity contribution < 1.29 is 27.9 Å². The number of alkyl halides is 3. The van der Waals surface area contributed by atoms with Crippen molar-refractivity contribution in [1.29, 1.82) is 0 Å². The van der Waals surface area contributed by atoms with Gasteiger partial charge in [0, 0.05) is 19.6 Å². The molecule has 1 rings (SSSR count). The molecule has 0 aliphatic carbocycles. The van der Waals surface area contributed by atoms with Gasteiger partial charge in [-0.2, -0.15) is 13.2 Å². The Morgan fingerprint density at radius 3 is 2.36 bits per heavy atom. The third-order valence-corrected chi connectivity index (χ3v) is 3.87. The number of hydrogen-bond acceptors (Lipinski definition) is 3. The van der Waals surface area contributed by atoms with E-state index in [1.807, 2.05) is 0 Å². The normalized spacial score (nSPS) is 18.0. The van der Waals surface area contributed by atoms with Crippen LogP contribution in [0.5, 0.6) is 0 Å². The highest BCUT2D eigenvalue weighted by Gasteiger charge is 2.44. The van der Waals surface area contributed by atoms with Crippen LogP contribution < -0.4 is 0 Å². The SMILES string of the molecule is C=CC(=O)N(CC)CC(=O)N1CCC(C(O)C(F)(F)F)CC1. The molecule has 0 aromatic carbocycles. The lowest BCUT2D eigenvalue weighted by Gasteiger charge is -2.35. The van der Waals surface area contributed by atoms with Crippen molar-refractivity contribution in [1.82, 2.24) is 9.80 Å². The second kappa shape index (κ2) is 7.62. The Morgan fingerprint density at radius 1 is 1.41 bits per heavy atom. The number of carbonyl (C=O) groups is 2. The molecule has 0 aromatic heterocycles. The summed E-state index contributed by atoms with van der Waals surface area (Å²) in [5, 5.41) is 9.23.